The number of ether oxygens (including phenoxy) is 1. The average molecular weight is 343 g/mol. The van der Waals surface area contributed by atoms with E-state index >= 15 is 0 Å². The van der Waals surface area contributed by atoms with Crippen LogP contribution >= 0.6 is 0 Å². The first-order valence-corrected chi connectivity index (χ1v) is 8.24. The Labute approximate surface area is 143 Å². The van der Waals surface area contributed by atoms with Crippen LogP contribution in [-0.4, -0.2) is 31.2 Å². The summed E-state index contributed by atoms with van der Waals surface area (Å²) in [5.74, 6) is 0.538. The Morgan fingerprint density at radius 1 is 1.24 bits per heavy atom. The molecule has 2 N–H and O–H groups in total. The summed E-state index contributed by atoms with van der Waals surface area (Å²) in [6.07, 6.45) is 3.60. The van der Waals surface area contributed by atoms with Crippen LogP contribution in [0.1, 0.15) is 31.1 Å². The molecule has 1 aliphatic rings. The second kappa shape index (κ2) is 6.64. The molecule has 4 rings (SSSR count). The Kier molecular flexibility index (Phi) is 4.19. The van der Waals surface area contributed by atoms with Crippen molar-refractivity contribution >= 4 is 17.0 Å². The van der Waals surface area contributed by atoms with Crippen molar-refractivity contribution in [1.82, 2.24) is 19.5 Å². The summed E-state index contributed by atoms with van der Waals surface area (Å²) >= 11 is 0. The van der Waals surface area contributed by atoms with Crippen LogP contribution in [-0.2, 0) is 11.3 Å². The van der Waals surface area contributed by atoms with Crippen LogP contribution in [0, 0.1) is 6.08 Å². The summed E-state index contributed by atoms with van der Waals surface area (Å²) in [6.45, 7) is 1.11. The Bertz CT molecular complexity index is 875. The highest BCUT2D eigenvalue weighted by atomic mass is 19.1. The minimum absolute atomic E-state index is 0.169. The molecule has 3 aromatic rings. The minimum Gasteiger partial charge on any atom is -0.508 e. The van der Waals surface area contributed by atoms with Gasteiger partial charge in [0.05, 0.1) is 6.33 Å². The predicted octanol–water partition coefficient (Wildman–Crippen LogP) is 2.98. The van der Waals surface area contributed by atoms with Gasteiger partial charge < -0.3 is 15.2 Å². The first-order chi connectivity index (χ1) is 12.2. The molecule has 0 amide bonds. The molecule has 1 unspecified atom stereocenters. The number of benzene rings is 1. The fourth-order valence-corrected chi connectivity index (χ4v) is 2.97. The third-order valence-electron chi connectivity index (χ3n) is 4.26. The number of anilines is 1. The Balaban J connectivity index is 1.62. The van der Waals surface area contributed by atoms with Crippen LogP contribution in [0.2, 0.25) is 0 Å². The average Bonchev–Trinajstić information content (AvgIpc) is 3.05. The van der Waals surface area contributed by atoms with E-state index in [4.69, 9.17) is 4.74 Å². The number of aromatic nitrogens is 4. The third-order valence-corrected chi connectivity index (χ3v) is 4.26. The molecule has 7 nitrogen and oxygen atoms in total. The molecule has 1 fully saturated rings. The number of imidazole rings is 1. The highest BCUT2D eigenvalue weighted by Gasteiger charge is 2.21. The maximum absolute atomic E-state index is 13.9. The molecule has 0 spiro atoms. The largest absolute Gasteiger partial charge is 0.508 e. The number of hydrogen-bond donors (Lipinski definition) is 2. The van der Waals surface area contributed by atoms with E-state index in [9.17, 15) is 9.50 Å². The van der Waals surface area contributed by atoms with Gasteiger partial charge in [0, 0.05) is 13.2 Å². The SMILES string of the molecule is Oc1ccc(CNc2nc(F)nc3c2ncn3C2CCCCO2)cc1. The van der Waals surface area contributed by atoms with Crippen LogP contribution < -0.4 is 5.32 Å². The molecular weight excluding hydrogens is 325 g/mol. The van der Waals surface area contributed by atoms with Crippen molar-refractivity contribution in [3.63, 3.8) is 0 Å². The van der Waals surface area contributed by atoms with Crippen molar-refractivity contribution in [2.24, 2.45) is 0 Å². The van der Waals surface area contributed by atoms with E-state index in [-0.39, 0.29) is 12.0 Å². The smallest absolute Gasteiger partial charge is 0.312 e. The second-order valence-electron chi connectivity index (χ2n) is 6.01. The summed E-state index contributed by atoms with van der Waals surface area (Å²) in [6, 6.07) is 6.77. The molecule has 1 atom stereocenters. The van der Waals surface area contributed by atoms with Gasteiger partial charge in [0.2, 0.25) is 0 Å². The quantitative estimate of drug-likeness (QED) is 0.709. The van der Waals surface area contributed by atoms with Crippen molar-refractivity contribution in [1.29, 1.82) is 0 Å². The van der Waals surface area contributed by atoms with Gasteiger partial charge in [0.15, 0.2) is 17.0 Å². The molecule has 1 saturated heterocycles. The third kappa shape index (κ3) is 3.25. The molecular formula is C17H18FN5O2. The van der Waals surface area contributed by atoms with Gasteiger partial charge in [-0.3, -0.25) is 4.57 Å². The summed E-state index contributed by atoms with van der Waals surface area (Å²) in [5, 5.41) is 12.4. The van der Waals surface area contributed by atoms with E-state index in [2.05, 4.69) is 20.3 Å². The van der Waals surface area contributed by atoms with Crippen molar-refractivity contribution in [2.45, 2.75) is 32.0 Å². The van der Waals surface area contributed by atoms with Crippen molar-refractivity contribution in [2.75, 3.05) is 11.9 Å². The van der Waals surface area contributed by atoms with Crippen LogP contribution in [0.15, 0.2) is 30.6 Å². The second-order valence-corrected chi connectivity index (χ2v) is 6.01. The summed E-state index contributed by atoms with van der Waals surface area (Å²) in [4.78, 5) is 12.1. The molecule has 0 radical (unpaired) electrons. The lowest BCUT2D eigenvalue weighted by molar-refractivity contribution is -0.0298. The lowest BCUT2D eigenvalue weighted by atomic mass is 10.2. The van der Waals surface area contributed by atoms with E-state index in [0.29, 0.717) is 30.1 Å². The first kappa shape index (κ1) is 15.8. The number of nitrogens with zero attached hydrogens (tertiary/aromatic N) is 4. The molecule has 130 valence electrons. The van der Waals surface area contributed by atoms with Crippen LogP contribution in [0.4, 0.5) is 10.2 Å². The number of rotatable bonds is 4. The van der Waals surface area contributed by atoms with Crippen LogP contribution in [0.25, 0.3) is 11.2 Å². The summed E-state index contributed by atoms with van der Waals surface area (Å²) < 4.78 is 21.4. The molecule has 0 bridgehead atoms. The van der Waals surface area contributed by atoms with Gasteiger partial charge in [-0.2, -0.15) is 14.4 Å². The number of fused-ring (bicyclic) bond motifs is 1. The van der Waals surface area contributed by atoms with Gasteiger partial charge in [-0.15, -0.1) is 0 Å². The maximum Gasteiger partial charge on any atom is 0.312 e. The van der Waals surface area contributed by atoms with E-state index in [1.54, 1.807) is 35.2 Å². The summed E-state index contributed by atoms with van der Waals surface area (Å²) in [5.41, 5.74) is 1.86. The molecule has 1 aromatic carbocycles. The molecule has 0 aliphatic carbocycles. The van der Waals surface area contributed by atoms with Crippen LogP contribution in [0.3, 0.4) is 0 Å². The summed E-state index contributed by atoms with van der Waals surface area (Å²) in [7, 11) is 0. The van der Waals surface area contributed by atoms with E-state index in [1.807, 2.05) is 0 Å². The van der Waals surface area contributed by atoms with Gasteiger partial charge in [-0.25, -0.2) is 4.98 Å². The van der Waals surface area contributed by atoms with Crippen molar-refractivity contribution in [3.8, 4) is 5.75 Å². The number of phenolic OH excluding ortho intramolecular Hbond substituents is 1. The van der Waals surface area contributed by atoms with Gasteiger partial charge in [0.25, 0.3) is 0 Å². The van der Waals surface area contributed by atoms with Gasteiger partial charge in [-0.1, -0.05) is 12.1 Å². The zero-order chi connectivity index (χ0) is 17.2. The van der Waals surface area contributed by atoms with E-state index < -0.39 is 6.08 Å². The van der Waals surface area contributed by atoms with Gasteiger partial charge >= 0.3 is 6.08 Å². The maximum atomic E-state index is 13.9. The van der Waals surface area contributed by atoms with E-state index in [1.165, 1.54) is 0 Å². The molecule has 1 aliphatic heterocycles. The lowest BCUT2D eigenvalue weighted by Crippen LogP contribution is -2.18. The van der Waals surface area contributed by atoms with Gasteiger partial charge in [-0.05, 0) is 37.0 Å². The molecule has 3 heterocycles. The Morgan fingerprint density at radius 3 is 2.84 bits per heavy atom. The lowest BCUT2D eigenvalue weighted by Gasteiger charge is -2.23. The van der Waals surface area contributed by atoms with Gasteiger partial charge in [0.1, 0.15) is 12.0 Å². The number of phenols is 1. The standard InChI is InChI=1S/C17H18FN5O2/c18-17-21-15(19-9-11-4-6-12(24)7-5-11)14-16(22-17)23(10-20-14)13-3-1-2-8-25-13/h4-7,10,13,24H,1-3,8-9H2,(H,19,21,22). The van der Waals surface area contributed by atoms with Crippen molar-refractivity contribution in [3.05, 3.63) is 42.2 Å². The normalized spacial score (nSPS) is 17.7. The van der Waals surface area contributed by atoms with E-state index in [0.717, 1.165) is 24.8 Å². The zero-order valence-electron chi connectivity index (χ0n) is 13.5. The highest BCUT2D eigenvalue weighted by molar-refractivity contribution is 5.82. The molecule has 2 aromatic heterocycles. The molecule has 25 heavy (non-hydrogen) atoms. The molecule has 0 saturated carbocycles. The Hall–Kier alpha value is -2.74. The zero-order valence-corrected chi connectivity index (χ0v) is 13.5. The fourth-order valence-electron chi connectivity index (χ4n) is 2.97. The fraction of sp³-hybridized carbons (Fsp3) is 0.353. The molecule has 8 heteroatoms. The monoisotopic (exact) mass is 343 g/mol. The van der Waals surface area contributed by atoms with Crippen molar-refractivity contribution < 1.29 is 14.2 Å². The Morgan fingerprint density at radius 2 is 2.08 bits per heavy atom. The topological polar surface area (TPSA) is 85.1 Å². The predicted molar refractivity (Wildman–Crippen MR) is 89.6 cm³/mol. The minimum atomic E-state index is -0.807. The van der Waals surface area contributed by atoms with Crippen LogP contribution in [0.5, 0.6) is 5.75 Å². The first-order valence-electron chi connectivity index (χ1n) is 8.24. The number of aromatic hydroxyl groups is 1. The number of hydrogen-bond acceptors (Lipinski definition) is 6. The highest BCUT2D eigenvalue weighted by Crippen LogP contribution is 2.27. The number of halogens is 1. The number of nitrogens with one attached hydrogen (secondary N) is 1.